The molecular formula is C27H23ClN2O4. The van der Waals surface area contributed by atoms with Crippen LogP contribution in [0.4, 0.5) is 5.82 Å². The predicted molar refractivity (Wildman–Crippen MR) is 132 cm³/mol. The summed E-state index contributed by atoms with van der Waals surface area (Å²) in [5.41, 5.74) is 1.83. The van der Waals surface area contributed by atoms with E-state index in [0.29, 0.717) is 28.4 Å². The van der Waals surface area contributed by atoms with Gasteiger partial charge in [-0.05, 0) is 61.4 Å². The third-order valence-electron chi connectivity index (χ3n) is 5.92. The molecule has 1 aliphatic heterocycles. The van der Waals surface area contributed by atoms with E-state index in [1.54, 1.807) is 24.3 Å². The standard InChI is InChI=1S/C27H23ClN2O4/c1-3-4-14-33-19-11-8-17(9-12-19)24-23-25(31)20-15-18(28)10-13-21(20)34-26(23)27(32)30(24)22-7-5-6-16(2)29-22/h5-13,15,24H,3-4,14H2,1-2H3. The van der Waals surface area contributed by atoms with Crippen LogP contribution < -0.4 is 15.1 Å². The molecule has 0 saturated heterocycles. The molecule has 1 amide bonds. The molecule has 1 atom stereocenters. The highest BCUT2D eigenvalue weighted by Gasteiger charge is 2.44. The van der Waals surface area contributed by atoms with Gasteiger partial charge in [-0.2, -0.15) is 0 Å². The number of fused-ring (bicyclic) bond motifs is 2. The maximum absolute atomic E-state index is 13.6. The molecule has 172 valence electrons. The van der Waals surface area contributed by atoms with Gasteiger partial charge in [0, 0.05) is 10.7 Å². The number of aromatic nitrogens is 1. The van der Waals surface area contributed by atoms with Crippen LogP contribution in [-0.4, -0.2) is 17.5 Å². The number of carbonyl (C=O) groups is 1. The molecule has 2 aromatic heterocycles. The summed E-state index contributed by atoms with van der Waals surface area (Å²) >= 11 is 6.15. The third kappa shape index (κ3) is 3.84. The van der Waals surface area contributed by atoms with Gasteiger partial charge in [-0.1, -0.05) is 43.1 Å². The van der Waals surface area contributed by atoms with E-state index in [1.165, 1.54) is 4.90 Å². The Morgan fingerprint density at radius 3 is 2.62 bits per heavy atom. The number of ether oxygens (including phenoxy) is 1. The van der Waals surface area contributed by atoms with E-state index in [1.807, 2.05) is 43.3 Å². The summed E-state index contributed by atoms with van der Waals surface area (Å²) in [6.07, 6.45) is 2.01. The molecule has 0 bridgehead atoms. The number of pyridine rings is 1. The monoisotopic (exact) mass is 474 g/mol. The van der Waals surface area contributed by atoms with Crippen LogP contribution in [0.3, 0.4) is 0 Å². The fraction of sp³-hybridized carbons (Fsp3) is 0.222. The summed E-state index contributed by atoms with van der Waals surface area (Å²) in [7, 11) is 0. The molecule has 3 heterocycles. The Balaban J connectivity index is 1.68. The van der Waals surface area contributed by atoms with Crippen LogP contribution in [0.15, 0.2) is 69.9 Å². The van der Waals surface area contributed by atoms with Crippen molar-refractivity contribution < 1.29 is 13.9 Å². The number of hydrogen-bond donors (Lipinski definition) is 0. The fourth-order valence-corrected chi connectivity index (χ4v) is 4.41. The number of unbranched alkanes of at least 4 members (excludes halogenated alkanes) is 1. The van der Waals surface area contributed by atoms with Crippen LogP contribution in [0.25, 0.3) is 11.0 Å². The number of rotatable bonds is 6. The van der Waals surface area contributed by atoms with Crippen molar-refractivity contribution in [2.45, 2.75) is 32.7 Å². The second kappa shape index (κ2) is 8.95. The summed E-state index contributed by atoms with van der Waals surface area (Å²) in [5.74, 6) is 0.803. The summed E-state index contributed by atoms with van der Waals surface area (Å²) in [4.78, 5) is 33.3. The molecule has 0 radical (unpaired) electrons. The van der Waals surface area contributed by atoms with Crippen molar-refractivity contribution in [2.75, 3.05) is 11.5 Å². The van der Waals surface area contributed by atoms with E-state index in [2.05, 4.69) is 11.9 Å². The molecule has 0 spiro atoms. The van der Waals surface area contributed by atoms with Crippen molar-refractivity contribution >= 4 is 34.3 Å². The summed E-state index contributed by atoms with van der Waals surface area (Å²) in [6, 6.07) is 17.0. The number of halogens is 1. The first kappa shape index (κ1) is 22.2. The number of carbonyl (C=O) groups excluding carboxylic acids is 1. The molecule has 0 aliphatic carbocycles. The van der Waals surface area contributed by atoms with Crippen molar-refractivity contribution in [1.29, 1.82) is 0 Å². The van der Waals surface area contributed by atoms with Crippen molar-refractivity contribution in [1.82, 2.24) is 4.98 Å². The zero-order valence-electron chi connectivity index (χ0n) is 18.9. The molecule has 2 aromatic carbocycles. The smallest absolute Gasteiger partial charge is 0.296 e. The van der Waals surface area contributed by atoms with Gasteiger partial charge in [-0.15, -0.1) is 0 Å². The Kier molecular flexibility index (Phi) is 5.84. The molecular weight excluding hydrogens is 452 g/mol. The van der Waals surface area contributed by atoms with Crippen LogP contribution in [0, 0.1) is 6.92 Å². The maximum atomic E-state index is 13.6. The number of aryl methyl sites for hydroxylation is 1. The zero-order chi connectivity index (χ0) is 23.8. The lowest BCUT2D eigenvalue weighted by Gasteiger charge is -2.24. The SMILES string of the molecule is CCCCOc1ccc(C2c3c(oc4ccc(Cl)cc4c3=O)C(=O)N2c2cccc(C)n2)cc1. The summed E-state index contributed by atoms with van der Waals surface area (Å²) in [5, 5.41) is 0.758. The van der Waals surface area contributed by atoms with Crippen molar-refractivity contribution in [3.63, 3.8) is 0 Å². The molecule has 0 N–H and O–H groups in total. The molecule has 1 unspecified atom stereocenters. The topological polar surface area (TPSA) is 72.6 Å². The molecule has 0 saturated carbocycles. The Labute approximate surface area is 201 Å². The molecule has 6 nitrogen and oxygen atoms in total. The Hall–Kier alpha value is -3.64. The lowest BCUT2D eigenvalue weighted by atomic mass is 9.98. The largest absolute Gasteiger partial charge is 0.494 e. The maximum Gasteiger partial charge on any atom is 0.296 e. The summed E-state index contributed by atoms with van der Waals surface area (Å²) < 4.78 is 11.8. The van der Waals surface area contributed by atoms with Crippen LogP contribution in [0.1, 0.15) is 53.2 Å². The molecule has 5 rings (SSSR count). The van der Waals surface area contributed by atoms with Gasteiger partial charge in [0.25, 0.3) is 5.91 Å². The van der Waals surface area contributed by atoms with Crippen molar-refractivity contribution in [2.24, 2.45) is 0 Å². The molecule has 7 heteroatoms. The van der Waals surface area contributed by atoms with E-state index in [-0.39, 0.29) is 16.8 Å². The normalized spacial score (nSPS) is 15.1. The average Bonchev–Trinajstić information content (AvgIpc) is 3.13. The van der Waals surface area contributed by atoms with E-state index in [0.717, 1.165) is 29.8 Å². The lowest BCUT2D eigenvalue weighted by molar-refractivity contribution is 0.0970. The number of anilines is 1. The minimum Gasteiger partial charge on any atom is -0.494 e. The highest BCUT2D eigenvalue weighted by molar-refractivity contribution is 6.31. The van der Waals surface area contributed by atoms with Crippen LogP contribution in [-0.2, 0) is 0 Å². The molecule has 1 aliphatic rings. The van der Waals surface area contributed by atoms with Gasteiger partial charge >= 0.3 is 0 Å². The first-order valence-electron chi connectivity index (χ1n) is 11.2. The lowest BCUT2D eigenvalue weighted by Crippen LogP contribution is -2.30. The van der Waals surface area contributed by atoms with Gasteiger partial charge in [0.2, 0.25) is 5.76 Å². The molecule has 4 aromatic rings. The minimum atomic E-state index is -0.693. The van der Waals surface area contributed by atoms with Crippen LogP contribution in [0.2, 0.25) is 5.02 Å². The second-order valence-corrected chi connectivity index (χ2v) is 8.74. The Bertz CT molecular complexity index is 1450. The number of nitrogens with zero attached hydrogens (tertiary/aromatic N) is 2. The van der Waals surface area contributed by atoms with E-state index < -0.39 is 11.9 Å². The van der Waals surface area contributed by atoms with Gasteiger partial charge in [0.15, 0.2) is 5.43 Å². The van der Waals surface area contributed by atoms with Crippen LogP contribution >= 0.6 is 11.6 Å². The Morgan fingerprint density at radius 1 is 1.09 bits per heavy atom. The number of benzene rings is 2. The quantitative estimate of drug-likeness (QED) is 0.317. The van der Waals surface area contributed by atoms with Gasteiger partial charge in [-0.3, -0.25) is 14.5 Å². The van der Waals surface area contributed by atoms with Gasteiger partial charge < -0.3 is 9.15 Å². The van der Waals surface area contributed by atoms with E-state index in [9.17, 15) is 9.59 Å². The highest BCUT2D eigenvalue weighted by Crippen LogP contribution is 2.41. The van der Waals surface area contributed by atoms with Crippen molar-refractivity contribution in [3.8, 4) is 5.75 Å². The molecule has 0 fully saturated rings. The Morgan fingerprint density at radius 2 is 1.88 bits per heavy atom. The fourth-order valence-electron chi connectivity index (χ4n) is 4.24. The average molecular weight is 475 g/mol. The van der Waals surface area contributed by atoms with Crippen LogP contribution in [0.5, 0.6) is 5.75 Å². The van der Waals surface area contributed by atoms with Gasteiger partial charge in [-0.25, -0.2) is 4.98 Å². The third-order valence-corrected chi connectivity index (χ3v) is 6.15. The van der Waals surface area contributed by atoms with Gasteiger partial charge in [0.1, 0.15) is 17.2 Å². The second-order valence-electron chi connectivity index (χ2n) is 8.30. The summed E-state index contributed by atoms with van der Waals surface area (Å²) in [6.45, 7) is 4.60. The van der Waals surface area contributed by atoms with E-state index in [4.69, 9.17) is 20.8 Å². The predicted octanol–water partition coefficient (Wildman–Crippen LogP) is 6.08. The first-order chi connectivity index (χ1) is 16.5. The highest BCUT2D eigenvalue weighted by atomic mass is 35.5. The van der Waals surface area contributed by atoms with Gasteiger partial charge in [0.05, 0.1) is 23.6 Å². The zero-order valence-corrected chi connectivity index (χ0v) is 19.6. The first-order valence-corrected chi connectivity index (χ1v) is 11.6. The van der Waals surface area contributed by atoms with Crippen molar-refractivity contribution in [3.05, 3.63) is 98.5 Å². The molecule has 34 heavy (non-hydrogen) atoms. The number of amides is 1. The van der Waals surface area contributed by atoms with E-state index >= 15 is 0 Å². The minimum absolute atomic E-state index is 0.0244. The number of hydrogen-bond acceptors (Lipinski definition) is 5.